The fraction of sp³-hybridized carbons (Fsp3) is 0.600. The Morgan fingerprint density at radius 1 is 1.69 bits per heavy atom. The fourth-order valence-electron chi connectivity index (χ4n) is 1.52. The van der Waals surface area contributed by atoms with Crippen molar-refractivity contribution in [3.63, 3.8) is 0 Å². The van der Waals surface area contributed by atoms with Crippen molar-refractivity contribution in [3.8, 4) is 0 Å². The number of hydrogen-bond acceptors (Lipinski definition) is 5. The molecule has 0 aliphatic heterocycles. The Bertz CT molecular complexity index is 352. The zero-order valence-electron chi connectivity index (χ0n) is 9.64. The molecule has 0 fully saturated rings. The summed E-state index contributed by atoms with van der Waals surface area (Å²) < 4.78 is 0. The Labute approximate surface area is 99.4 Å². The van der Waals surface area contributed by atoms with Crippen LogP contribution in [0, 0.1) is 6.92 Å². The zero-order chi connectivity index (χ0) is 12.1. The van der Waals surface area contributed by atoms with Crippen molar-refractivity contribution in [2.45, 2.75) is 25.9 Å². The molecule has 1 amide bonds. The van der Waals surface area contributed by atoms with Crippen LogP contribution in [-0.2, 0) is 11.3 Å². The number of thiazole rings is 1. The number of likely N-dealkylation sites (N-methyl/N-ethyl adjacent to an activating group) is 1. The van der Waals surface area contributed by atoms with Gasteiger partial charge in [-0.05, 0) is 14.0 Å². The van der Waals surface area contributed by atoms with Crippen molar-refractivity contribution in [2.24, 2.45) is 11.5 Å². The minimum atomic E-state index is -0.322. The van der Waals surface area contributed by atoms with Gasteiger partial charge in [0, 0.05) is 30.9 Å². The van der Waals surface area contributed by atoms with E-state index in [-0.39, 0.29) is 18.4 Å². The predicted molar refractivity (Wildman–Crippen MR) is 65.0 cm³/mol. The van der Waals surface area contributed by atoms with E-state index in [9.17, 15) is 4.79 Å². The van der Waals surface area contributed by atoms with Crippen LogP contribution in [0.4, 0.5) is 0 Å². The lowest BCUT2D eigenvalue weighted by molar-refractivity contribution is -0.119. The molecule has 1 heterocycles. The standard InChI is InChI=1S/C10H18N4OS/c1-7-13-8(6-16-7)5-14(2)9(4-11)3-10(12)15/h6,9H,3-5,11H2,1-2H3,(H2,12,15). The molecular formula is C10H18N4OS. The first kappa shape index (κ1) is 13.1. The van der Waals surface area contributed by atoms with E-state index in [1.165, 1.54) is 0 Å². The highest BCUT2D eigenvalue weighted by Gasteiger charge is 2.16. The molecule has 16 heavy (non-hydrogen) atoms. The number of aromatic nitrogens is 1. The number of amides is 1. The highest BCUT2D eigenvalue weighted by Crippen LogP contribution is 2.11. The van der Waals surface area contributed by atoms with Gasteiger partial charge in [-0.15, -0.1) is 11.3 Å². The maximum Gasteiger partial charge on any atom is 0.219 e. The van der Waals surface area contributed by atoms with Crippen LogP contribution in [-0.4, -0.2) is 35.4 Å². The largest absolute Gasteiger partial charge is 0.370 e. The Kier molecular flexibility index (Phi) is 4.85. The molecule has 1 rings (SSSR count). The van der Waals surface area contributed by atoms with Crippen molar-refractivity contribution in [1.82, 2.24) is 9.88 Å². The lowest BCUT2D eigenvalue weighted by Crippen LogP contribution is -2.40. The number of carbonyl (C=O) groups excluding carboxylic acids is 1. The van der Waals surface area contributed by atoms with E-state index in [2.05, 4.69) is 4.98 Å². The molecule has 0 saturated heterocycles. The maximum absolute atomic E-state index is 10.9. The van der Waals surface area contributed by atoms with Gasteiger partial charge in [-0.3, -0.25) is 9.69 Å². The first-order valence-electron chi connectivity index (χ1n) is 5.12. The molecule has 4 N–H and O–H groups in total. The van der Waals surface area contributed by atoms with E-state index in [1.807, 2.05) is 24.3 Å². The molecule has 90 valence electrons. The molecule has 0 aromatic carbocycles. The van der Waals surface area contributed by atoms with Crippen molar-refractivity contribution < 1.29 is 4.79 Å². The highest BCUT2D eigenvalue weighted by atomic mass is 32.1. The Balaban J connectivity index is 2.55. The quantitative estimate of drug-likeness (QED) is 0.740. The SMILES string of the molecule is Cc1nc(CN(C)C(CN)CC(N)=O)cs1. The van der Waals surface area contributed by atoms with Gasteiger partial charge < -0.3 is 11.5 Å². The second-order valence-corrected chi connectivity index (χ2v) is 4.90. The van der Waals surface area contributed by atoms with Crippen LogP contribution < -0.4 is 11.5 Å². The monoisotopic (exact) mass is 242 g/mol. The van der Waals surface area contributed by atoms with Gasteiger partial charge in [0.15, 0.2) is 0 Å². The Morgan fingerprint density at radius 3 is 2.81 bits per heavy atom. The minimum Gasteiger partial charge on any atom is -0.370 e. The average Bonchev–Trinajstić information content (AvgIpc) is 2.60. The lowest BCUT2D eigenvalue weighted by Gasteiger charge is -2.24. The summed E-state index contributed by atoms with van der Waals surface area (Å²) in [5.74, 6) is -0.322. The van der Waals surface area contributed by atoms with Gasteiger partial charge in [-0.25, -0.2) is 4.98 Å². The number of nitrogens with two attached hydrogens (primary N) is 2. The fourth-order valence-corrected chi connectivity index (χ4v) is 2.12. The number of hydrogen-bond donors (Lipinski definition) is 2. The molecule has 0 aliphatic carbocycles. The first-order chi connectivity index (χ1) is 7.52. The van der Waals surface area contributed by atoms with Gasteiger partial charge in [-0.1, -0.05) is 0 Å². The molecule has 0 spiro atoms. The summed E-state index contributed by atoms with van der Waals surface area (Å²) in [5, 5.41) is 3.06. The molecule has 1 aromatic rings. The third-order valence-corrected chi connectivity index (χ3v) is 3.23. The van der Waals surface area contributed by atoms with Crippen molar-refractivity contribution in [1.29, 1.82) is 0 Å². The first-order valence-corrected chi connectivity index (χ1v) is 6.00. The van der Waals surface area contributed by atoms with E-state index in [4.69, 9.17) is 11.5 Å². The molecule has 0 bridgehead atoms. The van der Waals surface area contributed by atoms with Crippen molar-refractivity contribution in [3.05, 3.63) is 16.1 Å². The number of carbonyl (C=O) groups is 1. The summed E-state index contributed by atoms with van der Waals surface area (Å²) in [5.41, 5.74) is 11.8. The number of aryl methyl sites for hydroxylation is 1. The molecule has 1 unspecified atom stereocenters. The molecule has 5 nitrogen and oxygen atoms in total. The van der Waals surface area contributed by atoms with E-state index < -0.39 is 0 Å². The van der Waals surface area contributed by atoms with E-state index in [1.54, 1.807) is 11.3 Å². The third-order valence-electron chi connectivity index (χ3n) is 2.41. The molecule has 6 heteroatoms. The number of primary amides is 1. The highest BCUT2D eigenvalue weighted by molar-refractivity contribution is 7.09. The van der Waals surface area contributed by atoms with Crippen LogP contribution in [0.3, 0.4) is 0 Å². The van der Waals surface area contributed by atoms with E-state index in [0.29, 0.717) is 13.1 Å². The van der Waals surface area contributed by atoms with Gasteiger partial charge in [0.1, 0.15) is 0 Å². The van der Waals surface area contributed by atoms with Gasteiger partial charge in [-0.2, -0.15) is 0 Å². The second-order valence-electron chi connectivity index (χ2n) is 3.83. The number of rotatable bonds is 6. The lowest BCUT2D eigenvalue weighted by atomic mass is 10.1. The summed E-state index contributed by atoms with van der Waals surface area (Å²) in [6.45, 7) is 3.08. The van der Waals surface area contributed by atoms with Crippen LogP contribution in [0.15, 0.2) is 5.38 Å². The van der Waals surface area contributed by atoms with Crippen molar-refractivity contribution >= 4 is 17.2 Å². The Hall–Kier alpha value is -0.980. The zero-order valence-corrected chi connectivity index (χ0v) is 10.5. The third kappa shape index (κ3) is 3.88. The van der Waals surface area contributed by atoms with Gasteiger partial charge in [0.05, 0.1) is 10.7 Å². The molecule has 0 saturated carbocycles. The van der Waals surface area contributed by atoms with E-state index >= 15 is 0 Å². The summed E-state index contributed by atoms with van der Waals surface area (Å²) in [6.07, 6.45) is 0.288. The molecular weight excluding hydrogens is 224 g/mol. The van der Waals surface area contributed by atoms with Crippen LogP contribution >= 0.6 is 11.3 Å². The van der Waals surface area contributed by atoms with Gasteiger partial charge in [0.25, 0.3) is 0 Å². The summed E-state index contributed by atoms with van der Waals surface area (Å²) in [6, 6.07) is -0.0143. The van der Waals surface area contributed by atoms with Crippen LogP contribution in [0.2, 0.25) is 0 Å². The molecule has 0 aliphatic rings. The van der Waals surface area contributed by atoms with Crippen molar-refractivity contribution in [2.75, 3.05) is 13.6 Å². The second kappa shape index (κ2) is 5.93. The summed E-state index contributed by atoms with van der Waals surface area (Å²) in [7, 11) is 1.93. The smallest absolute Gasteiger partial charge is 0.219 e. The van der Waals surface area contributed by atoms with Crippen LogP contribution in [0.1, 0.15) is 17.1 Å². The number of nitrogens with zero attached hydrogens (tertiary/aromatic N) is 2. The summed E-state index contributed by atoms with van der Waals surface area (Å²) >= 11 is 1.62. The van der Waals surface area contributed by atoms with Crippen LogP contribution in [0.25, 0.3) is 0 Å². The van der Waals surface area contributed by atoms with Crippen LogP contribution in [0.5, 0.6) is 0 Å². The topological polar surface area (TPSA) is 85.2 Å². The normalized spacial score (nSPS) is 13.0. The molecule has 0 radical (unpaired) electrons. The van der Waals surface area contributed by atoms with Gasteiger partial charge >= 0.3 is 0 Å². The molecule has 1 atom stereocenters. The van der Waals surface area contributed by atoms with E-state index in [0.717, 1.165) is 10.7 Å². The predicted octanol–water partition coefficient (Wildman–Crippen LogP) is 0.0860. The minimum absolute atomic E-state index is 0.0143. The molecule has 1 aromatic heterocycles. The Morgan fingerprint density at radius 2 is 2.38 bits per heavy atom. The maximum atomic E-state index is 10.9. The summed E-state index contributed by atoms with van der Waals surface area (Å²) in [4.78, 5) is 17.2. The van der Waals surface area contributed by atoms with Gasteiger partial charge in [0.2, 0.25) is 5.91 Å². The average molecular weight is 242 g/mol.